The molecule has 162 valence electrons. The van der Waals surface area contributed by atoms with Crippen LogP contribution in [0.1, 0.15) is 23.7 Å². The van der Waals surface area contributed by atoms with Gasteiger partial charge in [0.15, 0.2) is 0 Å². The molecule has 0 spiro atoms. The fourth-order valence-electron chi connectivity index (χ4n) is 4.57. The summed E-state index contributed by atoms with van der Waals surface area (Å²) in [6.07, 6.45) is 6.84. The second-order valence-corrected chi connectivity index (χ2v) is 7.98. The van der Waals surface area contributed by atoms with E-state index >= 15 is 0 Å². The Morgan fingerprint density at radius 3 is 2.94 bits per heavy atom. The van der Waals surface area contributed by atoms with Gasteiger partial charge in [0.25, 0.3) is 0 Å². The first-order valence-electron chi connectivity index (χ1n) is 10.7. The van der Waals surface area contributed by atoms with E-state index in [1.807, 2.05) is 17.8 Å². The molecule has 1 aliphatic heterocycles. The van der Waals surface area contributed by atoms with Crippen molar-refractivity contribution in [2.75, 3.05) is 11.9 Å². The number of aromatic nitrogens is 5. The summed E-state index contributed by atoms with van der Waals surface area (Å²) in [4.78, 5) is 12.3. The van der Waals surface area contributed by atoms with Crippen molar-refractivity contribution in [3.63, 3.8) is 0 Å². The lowest BCUT2D eigenvalue weighted by Gasteiger charge is -2.14. The Bertz CT molecular complexity index is 1590. The molecule has 33 heavy (non-hydrogen) atoms. The van der Waals surface area contributed by atoms with Gasteiger partial charge in [0.1, 0.15) is 17.5 Å². The Kier molecular flexibility index (Phi) is 4.35. The Hall–Kier alpha value is -4.29. The van der Waals surface area contributed by atoms with E-state index in [1.165, 1.54) is 18.3 Å². The van der Waals surface area contributed by atoms with Crippen LogP contribution >= 0.6 is 0 Å². The van der Waals surface area contributed by atoms with Crippen molar-refractivity contribution in [2.45, 2.75) is 20.0 Å². The molecule has 0 amide bonds. The van der Waals surface area contributed by atoms with Crippen LogP contribution < -0.4 is 10.6 Å². The lowest BCUT2D eigenvalue weighted by atomic mass is 10.0. The molecule has 8 nitrogen and oxygen atoms in total. The maximum atomic E-state index is 14.7. The number of rotatable bonds is 4. The number of pyridine rings is 2. The zero-order valence-electron chi connectivity index (χ0n) is 17.8. The highest BCUT2D eigenvalue weighted by Gasteiger charge is 2.24. The summed E-state index contributed by atoms with van der Waals surface area (Å²) in [7, 11) is 0. The molecule has 5 heterocycles. The summed E-state index contributed by atoms with van der Waals surface area (Å²) in [5, 5.41) is 22.2. The highest BCUT2D eigenvalue weighted by molar-refractivity contribution is 6.15. The van der Waals surface area contributed by atoms with E-state index in [4.69, 9.17) is 5.10 Å². The molecular weight excluding hydrogens is 419 g/mol. The van der Waals surface area contributed by atoms with Crippen molar-refractivity contribution in [3.8, 4) is 22.9 Å². The maximum absolute atomic E-state index is 14.7. The largest absolute Gasteiger partial charge is 0.384 e. The molecule has 3 N–H and O–H groups in total. The van der Waals surface area contributed by atoms with Crippen LogP contribution in [0, 0.1) is 17.1 Å². The minimum absolute atomic E-state index is 0.337. The Balaban J connectivity index is 1.76. The number of H-pyrrole nitrogens is 1. The van der Waals surface area contributed by atoms with Crippen molar-refractivity contribution < 1.29 is 4.39 Å². The number of nitrogens with one attached hydrogen (secondary N) is 3. The summed E-state index contributed by atoms with van der Waals surface area (Å²) in [5.41, 5.74) is 6.99. The Morgan fingerprint density at radius 2 is 2.09 bits per heavy atom. The van der Waals surface area contributed by atoms with Crippen LogP contribution in [0.5, 0.6) is 0 Å². The number of nitriles is 1. The van der Waals surface area contributed by atoms with E-state index in [1.54, 1.807) is 18.5 Å². The molecule has 0 saturated heterocycles. The summed E-state index contributed by atoms with van der Waals surface area (Å²) >= 11 is 0. The molecule has 0 unspecified atom stereocenters. The Morgan fingerprint density at radius 1 is 1.18 bits per heavy atom. The quantitative estimate of drug-likeness (QED) is 0.391. The molecule has 0 saturated carbocycles. The summed E-state index contributed by atoms with van der Waals surface area (Å²) in [6, 6.07) is 6.93. The predicted octanol–water partition coefficient (Wildman–Crippen LogP) is 4.01. The molecule has 5 aromatic rings. The van der Waals surface area contributed by atoms with Gasteiger partial charge in [-0.25, -0.2) is 14.1 Å². The Labute approximate surface area is 188 Å². The van der Waals surface area contributed by atoms with Crippen LogP contribution in [-0.2, 0) is 13.1 Å². The zero-order valence-corrected chi connectivity index (χ0v) is 17.8. The third-order valence-corrected chi connectivity index (χ3v) is 5.99. The summed E-state index contributed by atoms with van der Waals surface area (Å²) in [5.74, 6) is -0.337. The van der Waals surface area contributed by atoms with Crippen LogP contribution in [0.15, 0.2) is 43.0 Å². The lowest BCUT2D eigenvalue weighted by molar-refractivity contribution is 0.630. The molecule has 4 aromatic heterocycles. The molecule has 0 atom stereocenters. The van der Waals surface area contributed by atoms with Gasteiger partial charge in [0.05, 0.1) is 39.7 Å². The van der Waals surface area contributed by atoms with Gasteiger partial charge in [-0.1, -0.05) is 0 Å². The second-order valence-electron chi connectivity index (χ2n) is 7.98. The molecule has 0 aliphatic carbocycles. The zero-order chi connectivity index (χ0) is 22.5. The SMILES string of the molecule is CCNc1cc(F)cc2c1[nH]c1ncc(-c3cncc(C#N)c3)c(-n3ncc4c3CNC4)c12. The standard InChI is InChI=1S/C24H19FN8/c1-2-29-19-5-16(25)4-17-21-23(33-20-12-28-9-15(20)10-31-33)18(11-30-24(21)32-22(17)19)14-3-13(6-26)7-27-8-14/h3-5,7-8,10-11,28-29H,2,9,12H2,1H3,(H,30,32). The van der Waals surface area contributed by atoms with Crippen LogP contribution in [-0.4, -0.2) is 31.3 Å². The van der Waals surface area contributed by atoms with Gasteiger partial charge in [-0.05, 0) is 25.1 Å². The normalized spacial score (nSPS) is 12.9. The minimum atomic E-state index is -0.337. The van der Waals surface area contributed by atoms with Crippen LogP contribution in [0.3, 0.4) is 0 Å². The van der Waals surface area contributed by atoms with Gasteiger partial charge >= 0.3 is 0 Å². The smallest absolute Gasteiger partial charge is 0.140 e. The molecule has 0 radical (unpaired) electrons. The lowest BCUT2D eigenvalue weighted by Crippen LogP contribution is -2.09. The number of hydrogen-bond donors (Lipinski definition) is 3. The van der Waals surface area contributed by atoms with Crippen molar-refractivity contribution in [2.24, 2.45) is 0 Å². The number of hydrogen-bond acceptors (Lipinski definition) is 6. The molecule has 1 aliphatic rings. The summed E-state index contributed by atoms with van der Waals surface area (Å²) in [6.45, 7) is 4.05. The third-order valence-electron chi connectivity index (χ3n) is 5.99. The monoisotopic (exact) mass is 438 g/mol. The second kappa shape index (κ2) is 7.39. The highest BCUT2D eigenvalue weighted by atomic mass is 19.1. The van der Waals surface area contributed by atoms with Crippen LogP contribution in [0.4, 0.5) is 10.1 Å². The molecule has 0 bridgehead atoms. The van der Waals surface area contributed by atoms with E-state index in [9.17, 15) is 9.65 Å². The fourth-order valence-corrected chi connectivity index (χ4v) is 4.57. The van der Waals surface area contributed by atoms with E-state index in [0.29, 0.717) is 35.4 Å². The highest BCUT2D eigenvalue weighted by Crippen LogP contribution is 2.39. The van der Waals surface area contributed by atoms with E-state index in [0.717, 1.165) is 45.5 Å². The average Bonchev–Trinajstić information content (AvgIpc) is 3.53. The van der Waals surface area contributed by atoms with Crippen molar-refractivity contribution in [1.82, 2.24) is 30.0 Å². The first-order valence-corrected chi connectivity index (χ1v) is 10.7. The van der Waals surface area contributed by atoms with Crippen molar-refractivity contribution in [1.29, 1.82) is 5.26 Å². The van der Waals surface area contributed by atoms with Gasteiger partial charge in [-0.15, -0.1) is 0 Å². The third kappa shape index (κ3) is 2.96. The maximum Gasteiger partial charge on any atom is 0.140 e. The predicted molar refractivity (Wildman–Crippen MR) is 123 cm³/mol. The topological polar surface area (TPSA) is 107 Å². The number of benzene rings is 1. The molecule has 9 heteroatoms. The van der Waals surface area contributed by atoms with Crippen LogP contribution in [0.2, 0.25) is 0 Å². The number of nitrogens with zero attached hydrogens (tertiary/aromatic N) is 5. The first kappa shape index (κ1) is 19.4. The van der Waals surface area contributed by atoms with E-state index in [-0.39, 0.29) is 5.82 Å². The van der Waals surface area contributed by atoms with Gasteiger partial charge < -0.3 is 15.6 Å². The number of halogens is 1. The van der Waals surface area contributed by atoms with Crippen molar-refractivity contribution in [3.05, 3.63) is 65.6 Å². The average molecular weight is 438 g/mol. The molecule has 6 rings (SSSR count). The van der Waals surface area contributed by atoms with E-state index in [2.05, 4.69) is 31.7 Å². The molecule has 0 fully saturated rings. The van der Waals surface area contributed by atoms with Crippen molar-refractivity contribution >= 4 is 27.6 Å². The van der Waals surface area contributed by atoms with Gasteiger partial charge in [-0.3, -0.25) is 4.98 Å². The van der Waals surface area contributed by atoms with Gasteiger partial charge in [0.2, 0.25) is 0 Å². The molecular formula is C24H19FN8. The number of anilines is 1. The van der Waals surface area contributed by atoms with E-state index < -0.39 is 0 Å². The molecule has 1 aromatic carbocycles. The van der Waals surface area contributed by atoms with Gasteiger partial charge in [0, 0.05) is 60.3 Å². The van der Waals surface area contributed by atoms with Gasteiger partial charge in [-0.2, -0.15) is 10.4 Å². The van der Waals surface area contributed by atoms with Crippen LogP contribution in [0.25, 0.3) is 38.8 Å². The fraction of sp³-hybridized carbons (Fsp3) is 0.167. The first-order chi connectivity index (χ1) is 16.2. The number of aromatic amines is 1. The minimum Gasteiger partial charge on any atom is -0.384 e. The number of fused-ring (bicyclic) bond motifs is 4. The summed E-state index contributed by atoms with van der Waals surface area (Å²) < 4.78 is 16.6.